The molecule has 2 rings (SSSR count). The van der Waals surface area contributed by atoms with Crippen LogP contribution in [-0.2, 0) is 13.6 Å². The second-order valence-corrected chi connectivity index (χ2v) is 5.20. The molecule has 0 aliphatic rings. The van der Waals surface area contributed by atoms with E-state index in [9.17, 15) is 0 Å². The standard InChI is InChI=1S/C13H18N4OS/c1-10-15-16-13(17(10)2)19-7-6-18-12-5-3-4-11(8-12)9-14/h3-5,8H,6-7,9,14H2,1-2H3. The number of hydrogen-bond donors (Lipinski definition) is 1. The van der Waals surface area contributed by atoms with Crippen molar-refractivity contribution in [3.63, 3.8) is 0 Å². The van der Waals surface area contributed by atoms with E-state index in [1.54, 1.807) is 11.8 Å². The Balaban J connectivity index is 1.79. The Morgan fingerprint density at radius 3 is 2.89 bits per heavy atom. The molecule has 2 aromatic rings. The number of aromatic nitrogens is 3. The second-order valence-electron chi connectivity index (χ2n) is 4.14. The van der Waals surface area contributed by atoms with E-state index in [0.29, 0.717) is 13.2 Å². The molecule has 0 atom stereocenters. The van der Waals surface area contributed by atoms with E-state index >= 15 is 0 Å². The molecule has 0 saturated carbocycles. The molecule has 0 amide bonds. The fraction of sp³-hybridized carbons (Fsp3) is 0.385. The van der Waals surface area contributed by atoms with Crippen LogP contribution in [0.15, 0.2) is 29.4 Å². The lowest BCUT2D eigenvalue weighted by Gasteiger charge is -2.07. The highest BCUT2D eigenvalue weighted by Gasteiger charge is 2.05. The monoisotopic (exact) mass is 278 g/mol. The molecule has 0 fully saturated rings. The molecule has 0 aliphatic heterocycles. The molecule has 6 heteroatoms. The summed E-state index contributed by atoms with van der Waals surface area (Å²) in [6.45, 7) is 3.10. The van der Waals surface area contributed by atoms with Crippen molar-refractivity contribution in [2.45, 2.75) is 18.6 Å². The van der Waals surface area contributed by atoms with E-state index in [-0.39, 0.29) is 0 Å². The molecule has 2 N–H and O–H groups in total. The summed E-state index contributed by atoms with van der Waals surface area (Å²) >= 11 is 1.64. The first-order valence-electron chi connectivity index (χ1n) is 6.11. The fourth-order valence-electron chi connectivity index (χ4n) is 1.57. The summed E-state index contributed by atoms with van der Waals surface area (Å²) in [5, 5.41) is 9.02. The van der Waals surface area contributed by atoms with Crippen molar-refractivity contribution >= 4 is 11.8 Å². The molecule has 0 radical (unpaired) electrons. The normalized spacial score (nSPS) is 10.7. The van der Waals surface area contributed by atoms with Crippen LogP contribution in [0.1, 0.15) is 11.4 Å². The number of aryl methyl sites for hydroxylation is 1. The van der Waals surface area contributed by atoms with Gasteiger partial charge in [0.2, 0.25) is 0 Å². The SMILES string of the molecule is Cc1nnc(SCCOc2cccc(CN)c2)n1C. The minimum atomic E-state index is 0.532. The predicted molar refractivity (Wildman–Crippen MR) is 76.3 cm³/mol. The van der Waals surface area contributed by atoms with Gasteiger partial charge >= 0.3 is 0 Å². The first kappa shape index (κ1) is 13.9. The van der Waals surface area contributed by atoms with Gasteiger partial charge < -0.3 is 15.0 Å². The summed E-state index contributed by atoms with van der Waals surface area (Å²) in [4.78, 5) is 0. The Labute approximate surface area is 117 Å². The molecule has 1 aromatic carbocycles. The molecule has 1 aromatic heterocycles. The maximum absolute atomic E-state index is 5.68. The minimum Gasteiger partial charge on any atom is -0.493 e. The molecule has 0 aliphatic carbocycles. The summed E-state index contributed by atoms with van der Waals surface area (Å²) < 4.78 is 7.65. The van der Waals surface area contributed by atoms with Crippen molar-refractivity contribution in [1.82, 2.24) is 14.8 Å². The van der Waals surface area contributed by atoms with Crippen LogP contribution in [0.2, 0.25) is 0 Å². The lowest BCUT2D eigenvalue weighted by molar-refractivity contribution is 0.343. The van der Waals surface area contributed by atoms with Gasteiger partial charge in [-0.15, -0.1) is 10.2 Å². The summed E-state index contributed by atoms with van der Waals surface area (Å²) in [6, 6.07) is 7.86. The molecule has 0 spiro atoms. The van der Waals surface area contributed by atoms with Crippen molar-refractivity contribution in [3.05, 3.63) is 35.7 Å². The molecule has 0 unspecified atom stereocenters. The molecule has 1 heterocycles. The van der Waals surface area contributed by atoms with Crippen molar-refractivity contribution in [2.24, 2.45) is 12.8 Å². The molecular formula is C13H18N4OS. The van der Waals surface area contributed by atoms with E-state index in [1.807, 2.05) is 42.8 Å². The fourth-order valence-corrected chi connectivity index (χ4v) is 2.34. The zero-order valence-electron chi connectivity index (χ0n) is 11.2. The third kappa shape index (κ3) is 3.71. The Kier molecular flexibility index (Phi) is 4.81. The van der Waals surface area contributed by atoms with Crippen LogP contribution >= 0.6 is 11.8 Å². The van der Waals surface area contributed by atoms with E-state index in [2.05, 4.69) is 10.2 Å². The van der Waals surface area contributed by atoms with Crippen LogP contribution in [0.25, 0.3) is 0 Å². The summed E-state index contributed by atoms with van der Waals surface area (Å²) in [6.07, 6.45) is 0. The number of ether oxygens (including phenoxy) is 1. The summed E-state index contributed by atoms with van der Waals surface area (Å²) in [5.74, 6) is 2.61. The highest BCUT2D eigenvalue weighted by Crippen LogP contribution is 2.17. The lowest BCUT2D eigenvalue weighted by atomic mass is 10.2. The van der Waals surface area contributed by atoms with Gasteiger partial charge in [-0.05, 0) is 24.6 Å². The van der Waals surface area contributed by atoms with E-state index in [1.165, 1.54) is 0 Å². The average molecular weight is 278 g/mol. The van der Waals surface area contributed by atoms with Crippen LogP contribution in [0.4, 0.5) is 0 Å². The van der Waals surface area contributed by atoms with E-state index < -0.39 is 0 Å². The predicted octanol–water partition coefficient (Wildman–Crippen LogP) is 1.75. The largest absolute Gasteiger partial charge is 0.493 e. The zero-order chi connectivity index (χ0) is 13.7. The van der Waals surface area contributed by atoms with Crippen LogP contribution < -0.4 is 10.5 Å². The van der Waals surface area contributed by atoms with Gasteiger partial charge in [-0.25, -0.2) is 0 Å². The number of thioether (sulfide) groups is 1. The second kappa shape index (κ2) is 6.58. The Morgan fingerprint density at radius 1 is 1.37 bits per heavy atom. The number of nitrogens with two attached hydrogens (primary N) is 1. The van der Waals surface area contributed by atoms with Gasteiger partial charge in [0.05, 0.1) is 6.61 Å². The first-order chi connectivity index (χ1) is 9.20. The third-order valence-corrected chi connectivity index (χ3v) is 3.75. The van der Waals surface area contributed by atoms with Crippen LogP contribution in [0, 0.1) is 6.92 Å². The van der Waals surface area contributed by atoms with Crippen LogP contribution in [0.5, 0.6) is 5.75 Å². The number of hydrogen-bond acceptors (Lipinski definition) is 5. The molecular weight excluding hydrogens is 260 g/mol. The Bertz CT molecular complexity index is 541. The zero-order valence-corrected chi connectivity index (χ0v) is 12.0. The van der Waals surface area contributed by atoms with Gasteiger partial charge in [0, 0.05) is 19.3 Å². The van der Waals surface area contributed by atoms with Gasteiger partial charge in [-0.2, -0.15) is 0 Å². The highest BCUT2D eigenvalue weighted by molar-refractivity contribution is 7.99. The van der Waals surface area contributed by atoms with Crippen molar-refractivity contribution in [1.29, 1.82) is 0 Å². The maximum atomic E-state index is 5.68. The number of rotatable bonds is 6. The first-order valence-corrected chi connectivity index (χ1v) is 7.10. The molecule has 0 saturated heterocycles. The quantitative estimate of drug-likeness (QED) is 0.644. The molecule has 0 bridgehead atoms. The van der Waals surface area contributed by atoms with Crippen LogP contribution in [0.3, 0.4) is 0 Å². The lowest BCUT2D eigenvalue weighted by Crippen LogP contribution is -2.03. The van der Waals surface area contributed by atoms with Crippen molar-refractivity contribution in [2.75, 3.05) is 12.4 Å². The minimum absolute atomic E-state index is 0.532. The van der Waals surface area contributed by atoms with Gasteiger partial charge in [0.15, 0.2) is 5.16 Å². The van der Waals surface area contributed by atoms with Gasteiger partial charge in [-0.1, -0.05) is 23.9 Å². The van der Waals surface area contributed by atoms with E-state index in [4.69, 9.17) is 10.5 Å². The average Bonchev–Trinajstić information content (AvgIpc) is 2.75. The molecule has 19 heavy (non-hydrogen) atoms. The smallest absolute Gasteiger partial charge is 0.191 e. The summed E-state index contributed by atoms with van der Waals surface area (Å²) in [7, 11) is 1.96. The van der Waals surface area contributed by atoms with Gasteiger partial charge in [0.25, 0.3) is 0 Å². The Hall–Kier alpha value is -1.53. The molecule has 5 nitrogen and oxygen atoms in total. The highest BCUT2D eigenvalue weighted by atomic mass is 32.2. The maximum Gasteiger partial charge on any atom is 0.191 e. The topological polar surface area (TPSA) is 66.0 Å². The number of benzene rings is 1. The van der Waals surface area contributed by atoms with Crippen LogP contribution in [-0.4, -0.2) is 27.1 Å². The molecule has 102 valence electrons. The van der Waals surface area contributed by atoms with Gasteiger partial charge in [0.1, 0.15) is 11.6 Å². The van der Waals surface area contributed by atoms with Gasteiger partial charge in [-0.3, -0.25) is 0 Å². The van der Waals surface area contributed by atoms with E-state index in [0.717, 1.165) is 28.0 Å². The Morgan fingerprint density at radius 2 is 2.21 bits per heavy atom. The van der Waals surface area contributed by atoms with Crippen molar-refractivity contribution in [3.8, 4) is 5.75 Å². The van der Waals surface area contributed by atoms with Crippen molar-refractivity contribution < 1.29 is 4.74 Å². The number of nitrogens with zero attached hydrogens (tertiary/aromatic N) is 3. The third-order valence-electron chi connectivity index (χ3n) is 2.77. The summed E-state index contributed by atoms with van der Waals surface area (Å²) in [5.41, 5.74) is 6.67.